The number of nitrogens with two attached hydrogens (primary N) is 1. The summed E-state index contributed by atoms with van der Waals surface area (Å²) in [5.41, 5.74) is 5.45. The summed E-state index contributed by atoms with van der Waals surface area (Å²) < 4.78 is 4.66. The first kappa shape index (κ1) is 9.78. The zero-order valence-corrected chi connectivity index (χ0v) is 7.11. The largest absolute Gasteiger partial charge is 0.455 e. The Morgan fingerprint density at radius 2 is 2.40 bits per heavy atom. The van der Waals surface area contributed by atoms with Gasteiger partial charge in [-0.05, 0) is 6.92 Å². The number of hydrogen-bond donors (Lipinski definition) is 1. The van der Waals surface area contributed by atoms with E-state index in [1.165, 1.54) is 18.7 Å². The Hall–Kier alpha value is -0.220. The van der Waals surface area contributed by atoms with Crippen molar-refractivity contribution in [2.45, 2.75) is 19.9 Å². The Morgan fingerprint density at radius 3 is 2.80 bits per heavy atom. The predicted octanol–water partition coefficient (Wildman–Crippen LogP) is 0.587. The van der Waals surface area contributed by atoms with E-state index >= 15 is 0 Å². The fourth-order valence-corrected chi connectivity index (χ4v) is 1.08. The van der Waals surface area contributed by atoms with Crippen LogP contribution >= 0.6 is 11.8 Å². The van der Waals surface area contributed by atoms with Crippen molar-refractivity contribution in [1.82, 2.24) is 0 Å². The number of esters is 1. The van der Waals surface area contributed by atoms with Crippen LogP contribution in [0.5, 0.6) is 0 Å². The van der Waals surface area contributed by atoms with Gasteiger partial charge >= 0.3 is 5.97 Å². The number of carbonyl (C=O) groups excluding carboxylic acids is 1. The highest BCUT2D eigenvalue weighted by atomic mass is 32.2. The van der Waals surface area contributed by atoms with Gasteiger partial charge in [0.25, 0.3) is 0 Å². The first-order chi connectivity index (χ1) is 4.63. The zero-order chi connectivity index (χ0) is 7.98. The minimum Gasteiger partial charge on any atom is -0.455 e. The van der Waals surface area contributed by atoms with E-state index in [4.69, 9.17) is 5.73 Å². The maximum Gasteiger partial charge on any atom is 0.303 e. The minimum absolute atomic E-state index is 0.167. The van der Waals surface area contributed by atoms with Gasteiger partial charge in [0.05, 0.1) is 0 Å². The number of thioether (sulfide) groups is 1. The van der Waals surface area contributed by atoms with Crippen molar-refractivity contribution < 1.29 is 9.53 Å². The van der Waals surface area contributed by atoms with Crippen LogP contribution in [0.2, 0.25) is 0 Å². The highest BCUT2D eigenvalue weighted by Crippen LogP contribution is 2.01. The first-order valence-corrected chi connectivity index (χ1v) is 4.25. The molecule has 0 radical (unpaired) electrons. The van der Waals surface area contributed by atoms with Crippen LogP contribution in [0, 0.1) is 0 Å². The number of rotatable bonds is 4. The summed E-state index contributed by atoms with van der Waals surface area (Å²) in [4.78, 5) is 10.2. The van der Waals surface area contributed by atoms with Crippen LogP contribution in [0.15, 0.2) is 0 Å². The highest BCUT2D eigenvalue weighted by molar-refractivity contribution is 7.99. The molecule has 0 saturated heterocycles. The second-order valence-corrected chi connectivity index (χ2v) is 3.08. The summed E-state index contributed by atoms with van der Waals surface area (Å²) in [5, 5.41) is 0. The lowest BCUT2D eigenvalue weighted by Gasteiger charge is -2.03. The van der Waals surface area contributed by atoms with Crippen molar-refractivity contribution >= 4 is 17.7 Å². The smallest absolute Gasteiger partial charge is 0.303 e. The third-order valence-electron chi connectivity index (χ3n) is 0.726. The predicted molar refractivity (Wildman–Crippen MR) is 42.7 cm³/mol. The molecule has 0 aromatic rings. The summed E-state index contributed by atoms with van der Waals surface area (Å²) in [6.07, 6.45) is 0. The van der Waals surface area contributed by atoms with E-state index in [0.29, 0.717) is 5.94 Å². The normalized spacial score (nSPS) is 12.7. The van der Waals surface area contributed by atoms with E-state index in [1.807, 2.05) is 6.92 Å². The molecule has 60 valence electrons. The van der Waals surface area contributed by atoms with Crippen LogP contribution in [0.25, 0.3) is 0 Å². The maximum atomic E-state index is 10.2. The van der Waals surface area contributed by atoms with E-state index in [-0.39, 0.29) is 12.0 Å². The van der Waals surface area contributed by atoms with Gasteiger partial charge in [0.2, 0.25) is 0 Å². The molecule has 0 aliphatic rings. The lowest BCUT2D eigenvalue weighted by Crippen LogP contribution is -2.18. The molecule has 0 saturated carbocycles. The molecule has 0 aliphatic heterocycles. The van der Waals surface area contributed by atoms with Crippen LogP contribution in [0.1, 0.15) is 13.8 Å². The van der Waals surface area contributed by atoms with Crippen LogP contribution in [0.3, 0.4) is 0 Å². The van der Waals surface area contributed by atoms with E-state index < -0.39 is 0 Å². The van der Waals surface area contributed by atoms with Crippen LogP contribution in [-0.4, -0.2) is 23.7 Å². The molecule has 1 atom stereocenters. The lowest BCUT2D eigenvalue weighted by molar-refractivity contribution is -0.138. The lowest BCUT2D eigenvalue weighted by atomic mass is 10.4. The molecule has 0 amide bonds. The Bertz CT molecular complexity index is 106. The molecule has 0 heterocycles. The number of hydrogen-bond acceptors (Lipinski definition) is 4. The summed E-state index contributed by atoms with van der Waals surface area (Å²) in [6.45, 7) is 3.31. The van der Waals surface area contributed by atoms with Gasteiger partial charge in [0.1, 0.15) is 5.94 Å². The third-order valence-corrected chi connectivity index (χ3v) is 1.77. The summed E-state index contributed by atoms with van der Waals surface area (Å²) in [6, 6.07) is 0.167. The first-order valence-electron chi connectivity index (χ1n) is 3.09. The monoisotopic (exact) mass is 163 g/mol. The van der Waals surface area contributed by atoms with Crippen LogP contribution in [-0.2, 0) is 9.53 Å². The van der Waals surface area contributed by atoms with Gasteiger partial charge in [-0.25, -0.2) is 0 Å². The molecule has 0 bridgehead atoms. The van der Waals surface area contributed by atoms with Gasteiger partial charge < -0.3 is 10.5 Å². The minimum atomic E-state index is -0.239. The van der Waals surface area contributed by atoms with E-state index in [2.05, 4.69) is 4.74 Å². The standard InChI is InChI=1S/C6H13NO2S/c1-5(7)3-10-4-9-6(2)8/h5H,3-4,7H2,1-2H3. The van der Waals surface area contributed by atoms with Crippen molar-refractivity contribution in [2.75, 3.05) is 11.7 Å². The average molecular weight is 163 g/mol. The zero-order valence-electron chi connectivity index (χ0n) is 6.29. The summed E-state index contributed by atoms with van der Waals surface area (Å²) in [5.74, 6) is 1.00. The van der Waals surface area contributed by atoms with Crippen molar-refractivity contribution in [3.05, 3.63) is 0 Å². The molecule has 0 fully saturated rings. The Labute approximate surface area is 65.3 Å². The SMILES string of the molecule is CC(=O)OCSCC(C)N. The third kappa shape index (κ3) is 7.78. The van der Waals surface area contributed by atoms with Crippen LogP contribution in [0.4, 0.5) is 0 Å². The van der Waals surface area contributed by atoms with Crippen LogP contribution < -0.4 is 5.73 Å². The fourth-order valence-electron chi connectivity index (χ4n) is 0.359. The molecule has 0 aromatic heterocycles. The van der Waals surface area contributed by atoms with Crippen molar-refractivity contribution in [3.8, 4) is 0 Å². The molecular weight excluding hydrogens is 150 g/mol. The van der Waals surface area contributed by atoms with E-state index in [1.54, 1.807) is 0 Å². The topological polar surface area (TPSA) is 52.3 Å². The van der Waals surface area contributed by atoms with E-state index in [9.17, 15) is 4.79 Å². The molecule has 3 nitrogen and oxygen atoms in total. The number of carbonyl (C=O) groups is 1. The molecule has 10 heavy (non-hydrogen) atoms. The van der Waals surface area contributed by atoms with Crippen molar-refractivity contribution in [2.24, 2.45) is 5.73 Å². The van der Waals surface area contributed by atoms with Gasteiger partial charge in [-0.3, -0.25) is 4.79 Å². The molecule has 0 spiro atoms. The summed E-state index contributed by atoms with van der Waals surface area (Å²) >= 11 is 1.52. The van der Waals surface area contributed by atoms with Gasteiger partial charge in [0, 0.05) is 18.7 Å². The van der Waals surface area contributed by atoms with Gasteiger partial charge in [-0.2, -0.15) is 0 Å². The molecule has 1 unspecified atom stereocenters. The second-order valence-electron chi connectivity index (χ2n) is 2.10. The number of ether oxygens (including phenoxy) is 1. The Morgan fingerprint density at radius 1 is 1.80 bits per heavy atom. The van der Waals surface area contributed by atoms with Gasteiger partial charge in [-0.15, -0.1) is 11.8 Å². The van der Waals surface area contributed by atoms with Crippen molar-refractivity contribution in [3.63, 3.8) is 0 Å². The molecule has 2 N–H and O–H groups in total. The van der Waals surface area contributed by atoms with Gasteiger partial charge in [0.15, 0.2) is 0 Å². The van der Waals surface area contributed by atoms with E-state index in [0.717, 1.165) is 5.75 Å². The average Bonchev–Trinajstić information content (AvgIpc) is 1.79. The molecular formula is C6H13NO2S. The highest BCUT2D eigenvalue weighted by Gasteiger charge is 1.95. The Balaban J connectivity index is 2.98. The van der Waals surface area contributed by atoms with Gasteiger partial charge in [-0.1, -0.05) is 0 Å². The second kappa shape index (κ2) is 5.56. The maximum absolute atomic E-state index is 10.2. The molecule has 0 aliphatic carbocycles. The molecule has 4 heteroatoms. The molecule has 0 rings (SSSR count). The quantitative estimate of drug-likeness (QED) is 0.374. The summed E-state index contributed by atoms with van der Waals surface area (Å²) in [7, 11) is 0. The van der Waals surface area contributed by atoms with Crippen molar-refractivity contribution in [1.29, 1.82) is 0 Å². The fraction of sp³-hybridized carbons (Fsp3) is 0.833. The Kier molecular flexibility index (Phi) is 5.43. The molecule has 0 aromatic carbocycles.